The number of rotatable bonds is 4. The van der Waals surface area contributed by atoms with Crippen LogP contribution in [0.15, 0.2) is 24.3 Å². The van der Waals surface area contributed by atoms with Crippen molar-refractivity contribution in [1.29, 1.82) is 0 Å². The van der Waals surface area contributed by atoms with E-state index in [1.165, 1.54) is 30.4 Å². The van der Waals surface area contributed by atoms with Crippen LogP contribution < -0.4 is 0 Å². The molecule has 0 radical (unpaired) electrons. The first-order valence-electron chi connectivity index (χ1n) is 7.22. The molecule has 3 nitrogen and oxygen atoms in total. The molecule has 2 fully saturated rings. The fraction of sp³-hybridized carbons (Fsp3) is 0.625. The molecular weight excluding hydrogens is 238 g/mol. The minimum absolute atomic E-state index is 0.351. The summed E-state index contributed by atoms with van der Waals surface area (Å²) < 4.78 is 10.8. The van der Waals surface area contributed by atoms with E-state index in [4.69, 9.17) is 9.47 Å². The summed E-state index contributed by atoms with van der Waals surface area (Å²) in [6.45, 7) is 4.62. The maximum Gasteiger partial charge on any atom is 0.0713 e. The van der Waals surface area contributed by atoms with E-state index in [0.717, 1.165) is 26.3 Å². The van der Waals surface area contributed by atoms with Crippen LogP contribution in [-0.2, 0) is 22.6 Å². The molecule has 2 aliphatic rings. The molecule has 0 N–H and O–H groups in total. The Kier molecular flexibility index (Phi) is 3.87. The summed E-state index contributed by atoms with van der Waals surface area (Å²) in [5.41, 5.74) is 2.99. The van der Waals surface area contributed by atoms with Crippen LogP contribution in [0.5, 0.6) is 0 Å². The Bertz CT molecular complexity index is 411. The van der Waals surface area contributed by atoms with Gasteiger partial charge in [0, 0.05) is 25.7 Å². The van der Waals surface area contributed by atoms with Crippen LogP contribution in [0, 0.1) is 0 Å². The molecule has 1 heterocycles. The normalized spacial score (nSPS) is 22.4. The van der Waals surface area contributed by atoms with E-state index in [2.05, 4.69) is 29.2 Å². The van der Waals surface area contributed by atoms with Crippen molar-refractivity contribution in [3.05, 3.63) is 35.4 Å². The van der Waals surface area contributed by atoms with Gasteiger partial charge in [0.15, 0.2) is 0 Å². The van der Waals surface area contributed by atoms with E-state index >= 15 is 0 Å². The van der Waals surface area contributed by atoms with Crippen molar-refractivity contribution in [3.8, 4) is 0 Å². The zero-order valence-corrected chi connectivity index (χ0v) is 11.7. The van der Waals surface area contributed by atoms with E-state index in [1.807, 2.05) is 0 Å². The van der Waals surface area contributed by atoms with Crippen molar-refractivity contribution in [1.82, 2.24) is 4.90 Å². The Morgan fingerprint density at radius 2 is 1.95 bits per heavy atom. The lowest BCUT2D eigenvalue weighted by atomic mass is 9.75. The highest BCUT2D eigenvalue weighted by Gasteiger charge is 2.44. The summed E-state index contributed by atoms with van der Waals surface area (Å²) in [6.07, 6.45) is 3.95. The summed E-state index contributed by atoms with van der Waals surface area (Å²) in [7, 11) is 1.74. The van der Waals surface area contributed by atoms with Crippen molar-refractivity contribution >= 4 is 0 Å². The zero-order chi connectivity index (χ0) is 13.1. The molecule has 3 rings (SSSR count). The third-order valence-corrected chi connectivity index (χ3v) is 4.54. The highest BCUT2D eigenvalue weighted by Crippen LogP contribution is 2.40. The largest absolute Gasteiger partial charge is 0.380 e. The second kappa shape index (κ2) is 5.61. The smallest absolute Gasteiger partial charge is 0.0713 e. The molecule has 1 aromatic carbocycles. The summed E-state index contributed by atoms with van der Waals surface area (Å²) in [5.74, 6) is 0. The molecule has 19 heavy (non-hydrogen) atoms. The molecule has 0 aromatic heterocycles. The molecule has 0 bridgehead atoms. The molecule has 1 spiro atoms. The van der Waals surface area contributed by atoms with Crippen LogP contribution in [0.25, 0.3) is 0 Å². The van der Waals surface area contributed by atoms with Crippen molar-refractivity contribution in [3.63, 3.8) is 0 Å². The van der Waals surface area contributed by atoms with Crippen molar-refractivity contribution in [2.45, 2.75) is 38.0 Å². The van der Waals surface area contributed by atoms with Gasteiger partial charge in [-0.1, -0.05) is 24.3 Å². The van der Waals surface area contributed by atoms with Crippen LogP contribution >= 0.6 is 0 Å². The van der Waals surface area contributed by atoms with E-state index in [-0.39, 0.29) is 0 Å². The van der Waals surface area contributed by atoms with Crippen LogP contribution in [0.3, 0.4) is 0 Å². The Morgan fingerprint density at radius 1 is 1.21 bits per heavy atom. The molecule has 1 aromatic rings. The van der Waals surface area contributed by atoms with Crippen LogP contribution in [0.4, 0.5) is 0 Å². The lowest BCUT2D eigenvalue weighted by Gasteiger charge is -2.52. The maximum atomic E-state index is 5.69. The van der Waals surface area contributed by atoms with E-state index < -0.39 is 0 Å². The second-order valence-corrected chi connectivity index (χ2v) is 5.80. The van der Waals surface area contributed by atoms with Gasteiger partial charge in [-0.2, -0.15) is 0 Å². The quantitative estimate of drug-likeness (QED) is 0.831. The Labute approximate surface area is 115 Å². The third kappa shape index (κ3) is 2.69. The SMILES string of the molecule is COCc1ccc(CN2CCOCC23CCC3)cc1. The average molecular weight is 261 g/mol. The lowest BCUT2D eigenvalue weighted by molar-refractivity contribution is -0.111. The van der Waals surface area contributed by atoms with E-state index in [9.17, 15) is 0 Å². The molecule has 0 atom stereocenters. The number of nitrogens with zero attached hydrogens (tertiary/aromatic N) is 1. The van der Waals surface area contributed by atoms with Crippen molar-refractivity contribution < 1.29 is 9.47 Å². The molecule has 1 aliphatic carbocycles. The molecular formula is C16H23NO2. The fourth-order valence-electron chi connectivity index (χ4n) is 3.19. The molecule has 0 amide bonds. The summed E-state index contributed by atoms with van der Waals surface area (Å²) in [5, 5.41) is 0. The Balaban J connectivity index is 1.66. The highest BCUT2D eigenvalue weighted by atomic mass is 16.5. The number of ether oxygens (including phenoxy) is 2. The van der Waals surface area contributed by atoms with Gasteiger partial charge >= 0.3 is 0 Å². The van der Waals surface area contributed by atoms with E-state index in [1.54, 1.807) is 7.11 Å². The predicted octanol–water partition coefficient (Wildman–Crippen LogP) is 2.59. The number of methoxy groups -OCH3 is 1. The van der Waals surface area contributed by atoms with E-state index in [0.29, 0.717) is 12.1 Å². The van der Waals surface area contributed by atoms with Gasteiger partial charge in [0.25, 0.3) is 0 Å². The van der Waals surface area contributed by atoms with Crippen molar-refractivity contribution in [2.24, 2.45) is 0 Å². The number of hydrogen-bond acceptors (Lipinski definition) is 3. The van der Waals surface area contributed by atoms with Gasteiger partial charge in [-0.05, 0) is 30.4 Å². The standard InChI is InChI=1S/C16H23NO2/c1-18-12-15-5-3-14(4-6-15)11-17-9-10-19-13-16(17)7-2-8-16/h3-6H,2,7-13H2,1H3. The summed E-state index contributed by atoms with van der Waals surface area (Å²) in [6, 6.07) is 8.81. The fourth-order valence-corrected chi connectivity index (χ4v) is 3.19. The zero-order valence-electron chi connectivity index (χ0n) is 11.7. The highest BCUT2D eigenvalue weighted by molar-refractivity contribution is 5.22. The maximum absolute atomic E-state index is 5.69. The van der Waals surface area contributed by atoms with Crippen LogP contribution in [-0.4, -0.2) is 37.3 Å². The van der Waals surface area contributed by atoms with Crippen LogP contribution in [0.2, 0.25) is 0 Å². The van der Waals surface area contributed by atoms with Gasteiger partial charge in [0.2, 0.25) is 0 Å². The van der Waals surface area contributed by atoms with Gasteiger partial charge < -0.3 is 9.47 Å². The first kappa shape index (κ1) is 13.1. The third-order valence-electron chi connectivity index (χ3n) is 4.54. The molecule has 104 valence electrons. The van der Waals surface area contributed by atoms with Gasteiger partial charge in [0.05, 0.1) is 19.8 Å². The molecule has 1 aliphatic heterocycles. The summed E-state index contributed by atoms with van der Waals surface area (Å²) in [4.78, 5) is 2.63. The second-order valence-electron chi connectivity index (χ2n) is 5.80. The van der Waals surface area contributed by atoms with Gasteiger partial charge in [-0.25, -0.2) is 0 Å². The molecule has 1 saturated carbocycles. The first-order valence-corrected chi connectivity index (χ1v) is 7.22. The van der Waals surface area contributed by atoms with Crippen molar-refractivity contribution in [2.75, 3.05) is 26.9 Å². The number of morpholine rings is 1. The lowest BCUT2D eigenvalue weighted by Crippen LogP contribution is -2.60. The van der Waals surface area contributed by atoms with Crippen LogP contribution in [0.1, 0.15) is 30.4 Å². The minimum atomic E-state index is 0.351. The first-order chi connectivity index (χ1) is 9.32. The minimum Gasteiger partial charge on any atom is -0.380 e. The predicted molar refractivity (Wildman–Crippen MR) is 75.0 cm³/mol. The molecule has 3 heteroatoms. The monoisotopic (exact) mass is 261 g/mol. The Morgan fingerprint density at radius 3 is 2.58 bits per heavy atom. The molecule has 0 unspecified atom stereocenters. The van der Waals surface area contributed by atoms with Gasteiger partial charge in [0.1, 0.15) is 0 Å². The number of benzene rings is 1. The topological polar surface area (TPSA) is 21.7 Å². The average Bonchev–Trinajstić information content (AvgIpc) is 2.40. The van der Waals surface area contributed by atoms with Gasteiger partial charge in [-0.15, -0.1) is 0 Å². The number of hydrogen-bond donors (Lipinski definition) is 0. The molecule has 1 saturated heterocycles. The Hall–Kier alpha value is -0.900. The van der Waals surface area contributed by atoms with Gasteiger partial charge in [-0.3, -0.25) is 4.90 Å². The summed E-state index contributed by atoms with van der Waals surface area (Å²) >= 11 is 0.